The van der Waals surface area contributed by atoms with Crippen LogP contribution < -0.4 is 9.47 Å². The molecule has 2 rings (SSSR count). The van der Waals surface area contributed by atoms with Gasteiger partial charge in [0.25, 0.3) is 0 Å². The van der Waals surface area contributed by atoms with Crippen LogP contribution in [0.15, 0.2) is 36.4 Å². The van der Waals surface area contributed by atoms with Gasteiger partial charge in [-0.15, -0.1) is 0 Å². The summed E-state index contributed by atoms with van der Waals surface area (Å²) in [5, 5.41) is 9.48. The van der Waals surface area contributed by atoms with Crippen LogP contribution in [0.1, 0.15) is 0 Å². The molecule has 2 aromatic carbocycles. The summed E-state index contributed by atoms with van der Waals surface area (Å²) in [5.41, 5.74) is 1.69. The second-order valence-corrected chi connectivity index (χ2v) is 3.54. The lowest BCUT2D eigenvalue weighted by molar-refractivity contribution is 0.403. The van der Waals surface area contributed by atoms with Crippen LogP contribution >= 0.6 is 0 Å². The van der Waals surface area contributed by atoms with Crippen LogP contribution in [0, 0.1) is 6.07 Å². The summed E-state index contributed by atoms with van der Waals surface area (Å²) >= 11 is 0. The van der Waals surface area contributed by atoms with Gasteiger partial charge in [0.2, 0.25) is 0 Å². The monoisotopic (exact) mass is 229 g/mol. The summed E-state index contributed by atoms with van der Waals surface area (Å²) in [7, 11) is 3.19. The number of ether oxygens (including phenoxy) is 2. The number of methoxy groups -OCH3 is 2. The van der Waals surface area contributed by atoms with E-state index in [0.29, 0.717) is 11.5 Å². The Morgan fingerprint density at radius 1 is 1.12 bits per heavy atom. The number of hydrogen-bond donors (Lipinski definition) is 1. The summed E-state index contributed by atoms with van der Waals surface area (Å²) < 4.78 is 10.4. The van der Waals surface area contributed by atoms with E-state index in [1.54, 1.807) is 38.5 Å². The van der Waals surface area contributed by atoms with Gasteiger partial charge in [0, 0.05) is 11.6 Å². The van der Waals surface area contributed by atoms with Gasteiger partial charge in [-0.25, -0.2) is 0 Å². The first-order chi connectivity index (χ1) is 8.24. The molecule has 0 spiro atoms. The Morgan fingerprint density at radius 2 is 1.94 bits per heavy atom. The molecule has 0 saturated carbocycles. The van der Waals surface area contributed by atoms with E-state index in [4.69, 9.17) is 9.47 Å². The molecule has 0 unspecified atom stereocenters. The zero-order chi connectivity index (χ0) is 12.3. The molecule has 0 fully saturated rings. The standard InChI is InChI=1S/C14H13O3/c1-16-12-6-7-14(17-2)13(9-12)10-4-3-5-11(15)8-10/h3-6,8-9,15H,1-2H3. The maximum Gasteiger partial charge on any atom is 0.134 e. The topological polar surface area (TPSA) is 38.7 Å². The van der Waals surface area contributed by atoms with Crippen LogP contribution in [-0.4, -0.2) is 19.3 Å². The molecule has 0 amide bonds. The van der Waals surface area contributed by atoms with Gasteiger partial charge in [-0.2, -0.15) is 0 Å². The van der Waals surface area contributed by atoms with Crippen molar-refractivity contribution in [1.29, 1.82) is 0 Å². The van der Waals surface area contributed by atoms with Crippen molar-refractivity contribution in [2.45, 2.75) is 0 Å². The summed E-state index contributed by atoms with van der Waals surface area (Å²) in [6, 6.07) is 13.5. The lowest BCUT2D eigenvalue weighted by atomic mass is 10.0. The van der Waals surface area contributed by atoms with Crippen molar-refractivity contribution in [2.24, 2.45) is 0 Å². The van der Waals surface area contributed by atoms with Crippen LogP contribution in [0.2, 0.25) is 0 Å². The zero-order valence-electron chi connectivity index (χ0n) is 9.73. The molecule has 1 radical (unpaired) electrons. The van der Waals surface area contributed by atoms with Crippen LogP contribution in [0.3, 0.4) is 0 Å². The van der Waals surface area contributed by atoms with E-state index < -0.39 is 0 Å². The molecule has 0 bridgehead atoms. The molecule has 0 heterocycles. The molecular formula is C14H13O3. The summed E-state index contributed by atoms with van der Waals surface area (Å²) in [5.74, 6) is 1.54. The summed E-state index contributed by atoms with van der Waals surface area (Å²) in [4.78, 5) is 0. The molecule has 2 aromatic rings. The average Bonchev–Trinajstić information content (AvgIpc) is 2.38. The minimum absolute atomic E-state index is 0.215. The van der Waals surface area contributed by atoms with Crippen LogP contribution in [0.5, 0.6) is 17.2 Å². The van der Waals surface area contributed by atoms with Gasteiger partial charge in [-0.1, -0.05) is 12.1 Å². The molecule has 0 aromatic heterocycles. The Morgan fingerprint density at radius 3 is 2.59 bits per heavy atom. The van der Waals surface area contributed by atoms with Crippen molar-refractivity contribution in [3.63, 3.8) is 0 Å². The normalized spacial score (nSPS) is 10.0. The fourth-order valence-electron chi connectivity index (χ4n) is 1.64. The predicted octanol–water partition coefficient (Wildman–Crippen LogP) is 2.88. The van der Waals surface area contributed by atoms with Gasteiger partial charge in [0.15, 0.2) is 0 Å². The highest BCUT2D eigenvalue weighted by molar-refractivity contribution is 5.72. The van der Waals surface area contributed by atoms with Crippen LogP contribution in [0.25, 0.3) is 11.1 Å². The third-order valence-electron chi connectivity index (χ3n) is 2.47. The highest BCUT2D eigenvalue weighted by atomic mass is 16.5. The highest BCUT2D eigenvalue weighted by Gasteiger charge is 2.08. The molecule has 17 heavy (non-hydrogen) atoms. The number of hydrogen-bond acceptors (Lipinski definition) is 3. The zero-order valence-corrected chi connectivity index (χ0v) is 9.73. The second kappa shape index (κ2) is 4.78. The summed E-state index contributed by atoms with van der Waals surface area (Å²) in [6.45, 7) is 0. The Kier molecular flexibility index (Phi) is 3.19. The van der Waals surface area contributed by atoms with Crippen molar-refractivity contribution in [2.75, 3.05) is 14.2 Å². The van der Waals surface area contributed by atoms with Gasteiger partial charge in [-0.3, -0.25) is 0 Å². The molecule has 1 N–H and O–H groups in total. The van der Waals surface area contributed by atoms with E-state index in [2.05, 4.69) is 6.07 Å². The van der Waals surface area contributed by atoms with Gasteiger partial charge in [0.1, 0.15) is 17.2 Å². The first-order valence-corrected chi connectivity index (χ1v) is 5.17. The molecule has 0 saturated heterocycles. The van der Waals surface area contributed by atoms with Crippen LogP contribution in [0.4, 0.5) is 0 Å². The van der Waals surface area contributed by atoms with Crippen LogP contribution in [-0.2, 0) is 0 Å². The first kappa shape index (κ1) is 11.3. The van der Waals surface area contributed by atoms with Gasteiger partial charge >= 0.3 is 0 Å². The molecular weight excluding hydrogens is 216 g/mol. The fraction of sp³-hybridized carbons (Fsp3) is 0.143. The molecule has 0 aliphatic rings. The van der Waals surface area contributed by atoms with Crippen molar-refractivity contribution < 1.29 is 14.6 Å². The quantitative estimate of drug-likeness (QED) is 0.879. The van der Waals surface area contributed by atoms with E-state index in [1.165, 1.54) is 0 Å². The SMILES string of the molecule is COc1c[c]c(OC)c(-c2cccc(O)c2)c1. The lowest BCUT2D eigenvalue weighted by Gasteiger charge is -2.10. The maximum atomic E-state index is 9.48. The van der Waals surface area contributed by atoms with Gasteiger partial charge in [-0.05, 0) is 29.8 Å². The molecule has 0 aliphatic heterocycles. The predicted molar refractivity (Wildman–Crippen MR) is 65.5 cm³/mol. The average molecular weight is 229 g/mol. The Labute approximate surface area is 100 Å². The van der Waals surface area contributed by atoms with E-state index >= 15 is 0 Å². The maximum absolute atomic E-state index is 9.48. The lowest BCUT2D eigenvalue weighted by Crippen LogP contribution is -1.90. The molecule has 0 aliphatic carbocycles. The number of phenolic OH excluding ortho intramolecular Hbond substituents is 1. The minimum Gasteiger partial charge on any atom is -0.508 e. The summed E-state index contributed by atoms with van der Waals surface area (Å²) in [6.07, 6.45) is 0. The third kappa shape index (κ3) is 2.33. The smallest absolute Gasteiger partial charge is 0.134 e. The van der Waals surface area contributed by atoms with Gasteiger partial charge < -0.3 is 14.6 Å². The second-order valence-electron chi connectivity index (χ2n) is 3.54. The first-order valence-electron chi connectivity index (χ1n) is 5.17. The molecule has 0 atom stereocenters. The van der Waals surface area contributed by atoms with Gasteiger partial charge in [0.05, 0.1) is 14.2 Å². The molecule has 3 nitrogen and oxygen atoms in total. The van der Waals surface area contributed by atoms with E-state index in [9.17, 15) is 5.11 Å². The fourth-order valence-corrected chi connectivity index (χ4v) is 1.64. The Bertz CT molecular complexity index is 521. The van der Waals surface area contributed by atoms with E-state index in [0.717, 1.165) is 11.1 Å². The number of benzene rings is 2. The highest BCUT2D eigenvalue weighted by Crippen LogP contribution is 2.34. The van der Waals surface area contributed by atoms with E-state index in [-0.39, 0.29) is 5.75 Å². The molecule has 87 valence electrons. The van der Waals surface area contributed by atoms with E-state index in [1.807, 2.05) is 12.1 Å². The number of rotatable bonds is 3. The Hall–Kier alpha value is -2.16. The van der Waals surface area contributed by atoms with Crippen molar-refractivity contribution in [3.05, 3.63) is 42.5 Å². The number of aromatic hydroxyl groups is 1. The van der Waals surface area contributed by atoms with Crippen molar-refractivity contribution in [1.82, 2.24) is 0 Å². The Balaban J connectivity index is 2.56. The van der Waals surface area contributed by atoms with Crippen molar-refractivity contribution in [3.8, 4) is 28.4 Å². The third-order valence-corrected chi connectivity index (χ3v) is 2.47. The largest absolute Gasteiger partial charge is 0.508 e. The van der Waals surface area contributed by atoms with Crippen molar-refractivity contribution >= 4 is 0 Å². The number of phenols is 1. The molecule has 3 heteroatoms. The minimum atomic E-state index is 0.215.